The zero-order chi connectivity index (χ0) is 15.2. The van der Waals surface area contributed by atoms with Crippen molar-refractivity contribution < 1.29 is 13.2 Å². The summed E-state index contributed by atoms with van der Waals surface area (Å²) < 4.78 is 40.0. The van der Waals surface area contributed by atoms with Crippen molar-refractivity contribution in [2.45, 2.75) is 6.18 Å². The second kappa shape index (κ2) is 4.73. The molecule has 0 saturated carbocycles. The van der Waals surface area contributed by atoms with Crippen LogP contribution in [-0.4, -0.2) is 14.5 Å². The molecule has 21 heavy (non-hydrogen) atoms. The van der Waals surface area contributed by atoms with E-state index in [1.165, 1.54) is 6.20 Å². The molecule has 2 heterocycles. The molecule has 0 aliphatic heterocycles. The minimum atomic E-state index is -4.43. The molecule has 0 spiro atoms. The van der Waals surface area contributed by atoms with Crippen molar-refractivity contribution in [1.82, 2.24) is 14.5 Å². The van der Waals surface area contributed by atoms with Crippen LogP contribution in [0.4, 0.5) is 13.2 Å². The molecular weight excluding hydrogens is 303 g/mol. The third-order valence-corrected chi connectivity index (χ3v) is 3.40. The molecule has 7 heteroatoms. The summed E-state index contributed by atoms with van der Waals surface area (Å²) in [7, 11) is 1.72. The highest BCUT2D eigenvalue weighted by molar-refractivity contribution is 6.31. The van der Waals surface area contributed by atoms with Crippen LogP contribution in [-0.2, 0) is 13.2 Å². The van der Waals surface area contributed by atoms with E-state index in [9.17, 15) is 13.2 Å². The predicted molar refractivity (Wildman–Crippen MR) is 74.0 cm³/mol. The van der Waals surface area contributed by atoms with Gasteiger partial charge in [0, 0.05) is 30.0 Å². The number of fused-ring (bicyclic) bond motifs is 1. The maximum atomic E-state index is 12.8. The number of hydrogen-bond acceptors (Lipinski definition) is 2. The quantitative estimate of drug-likeness (QED) is 0.670. The fourth-order valence-corrected chi connectivity index (χ4v) is 2.30. The molecule has 1 aromatic carbocycles. The van der Waals surface area contributed by atoms with Crippen molar-refractivity contribution in [3.63, 3.8) is 0 Å². The monoisotopic (exact) mass is 311 g/mol. The van der Waals surface area contributed by atoms with E-state index < -0.39 is 11.7 Å². The van der Waals surface area contributed by atoms with Crippen molar-refractivity contribution in [3.05, 3.63) is 47.2 Å². The summed E-state index contributed by atoms with van der Waals surface area (Å²) in [6.07, 6.45) is -2.28. The summed E-state index contributed by atoms with van der Waals surface area (Å²) in [5, 5.41) is 0.541. The molecule has 3 rings (SSSR count). The third kappa shape index (κ3) is 2.47. The Hall–Kier alpha value is -2.08. The van der Waals surface area contributed by atoms with Crippen LogP contribution < -0.4 is 0 Å². The molecule has 0 aliphatic rings. The first-order valence-electron chi connectivity index (χ1n) is 6.01. The Labute approximate surface area is 123 Å². The Morgan fingerprint density at radius 3 is 2.62 bits per heavy atom. The Morgan fingerprint density at radius 1 is 1.14 bits per heavy atom. The van der Waals surface area contributed by atoms with Gasteiger partial charge in [0.1, 0.15) is 5.82 Å². The molecule has 0 N–H and O–H groups in total. The number of rotatable bonds is 1. The molecule has 2 aromatic heterocycles. The summed E-state index contributed by atoms with van der Waals surface area (Å²) in [6, 6.07) is 6.16. The summed E-state index contributed by atoms with van der Waals surface area (Å²) in [6.45, 7) is 0. The maximum absolute atomic E-state index is 12.8. The number of aryl methyl sites for hydroxylation is 1. The molecule has 0 atom stereocenters. The van der Waals surface area contributed by atoms with Gasteiger partial charge < -0.3 is 4.57 Å². The number of benzene rings is 1. The first-order valence-corrected chi connectivity index (χ1v) is 6.38. The number of nitrogens with zero attached hydrogens (tertiary/aromatic N) is 3. The van der Waals surface area contributed by atoms with Gasteiger partial charge in [-0.3, -0.25) is 4.98 Å². The highest BCUT2D eigenvalue weighted by Gasteiger charge is 2.31. The SMILES string of the molecule is Cn1c(-c2cncc(C(F)(F)F)c2)nc2ccc(Cl)cc21. The average Bonchev–Trinajstić information content (AvgIpc) is 2.75. The van der Waals surface area contributed by atoms with Crippen molar-refractivity contribution in [3.8, 4) is 11.4 Å². The number of halogens is 4. The molecule has 0 amide bonds. The van der Waals surface area contributed by atoms with Crippen LogP contribution >= 0.6 is 11.6 Å². The molecule has 3 nitrogen and oxygen atoms in total. The van der Waals surface area contributed by atoms with E-state index in [-0.39, 0.29) is 0 Å². The average molecular weight is 312 g/mol. The molecule has 0 saturated heterocycles. The molecule has 0 unspecified atom stereocenters. The van der Waals surface area contributed by atoms with Crippen molar-refractivity contribution >= 4 is 22.6 Å². The van der Waals surface area contributed by atoms with E-state index in [2.05, 4.69) is 9.97 Å². The van der Waals surface area contributed by atoms with Crippen molar-refractivity contribution in [2.24, 2.45) is 7.05 Å². The summed E-state index contributed by atoms with van der Waals surface area (Å²) in [5.74, 6) is 0.408. The zero-order valence-electron chi connectivity index (χ0n) is 10.8. The Morgan fingerprint density at radius 2 is 1.90 bits per heavy atom. The normalized spacial score (nSPS) is 12.0. The van der Waals surface area contributed by atoms with Crippen LogP contribution in [0.15, 0.2) is 36.7 Å². The maximum Gasteiger partial charge on any atom is 0.417 e. The van der Waals surface area contributed by atoms with Gasteiger partial charge >= 0.3 is 6.18 Å². The lowest BCUT2D eigenvalue weighted by atomic mass is 10.2. The molecule has 3 aromatic rings. The summed E-state index contributed by atoms with van der Waals surface area (Å²) in [4.78, 5) is 8.00. The lowest BCUT2D eigenvalue weighted by Crippen LogP contribution is -2.06. The summed E-state index contributed by atoms with van der Waals surface area (Å²) >= 11 is 5.93. The fraction of sp³-hybridized carbons (Fsp3) is 0.143. The van der Waals surface area contributed by atoms with Crippen LogP contribution in [0.25, 0.3) is 22.4 Å². The molecule has 0 aliphatic carbocycles. The van der Waals surface area contributed by atoms with E-state index >= 15 is 0 Å². The van der Waals surface area contributed by atoms with Gasteiger partial charge in [-0.2, -0.15) is 13.2 Å². The Kier molecular flexibility index (Phi) is 3.13. The van der Waals surface area contributed by atoms with Gasteiger partial charge in [0.15, 0.2) is 0 Å². The lowest BCUT2D eigenvalue weighted by Gasteiger charge is -2.08. The fourth-order valence-electron chi connectivity index (χ4n) is 2.14. The number of alkyl halides is 3. The highest BCUT2D eigenvalue weighted by Crippen LogP contribution is 2.32. The second-order valence-corrected chi connectivity index (χ2v) is 5.02. The van der Waals surface area contributed by atoms with Gasteiger partial charge in [0.25, 0.3) is 0 Å². The number of hydrogen-bond donors (Lipinski definition) is 0. The minimum Gasteiger partial charge on any atom is -0.327 e. The molecular formula is C14H9ClF3N3. The summed E-state index contributed by atoms with van der Waals surface area (Å²) in [5.41, 5.74) is 0.911. The highest BCUT2D eigenvalue weighted by atomic mass is 35.5. The third-order valence-electron chi connectivity index (χ3n) is 3.17. The van der Waals surface area contributed by atoms with Crippen molar-refractivity contribution in [2.75, 3.05) is 0 Å². The van der Waals surface area contributed by atoms with Crippen LogP contribution in [0.1, 0.15) is 5.56 Å². The Bertz CT molecular complexity index is 824. The predicted octanol–water partition coefficient (Wildman–Crippen LogP) is 4.31. The van der Waals surface area contributed by atoms with E-state index in [0.717, 1.165) is 17.8 Å². The van der Waals surface area contributed by atoms with Crippen LogP contribution in [0.5, 0.6) is 0 Å². The lowest BCUT2D eigenvalue weighted by molar-refractivity contribution is -0.137. The van der Waals surface area contributed by atoms with Gasteiger partial charge in [0.2, 0.25) is 0 Å². The van der Waals surface area contributed by atoms with Crippen LogP contribution in [0, 0.1) is 0 Å². The van der Waals surface area contributed by atoms with Gasteiger partial charge in [-0.15, -0.1) is 0 Å². The second-order valence-electron chi connectivity index (χ2n) is 4.59. The first kappa shape index (κ1) is 13.9. The zero-order valence-corrected chi connectivity index (χ0v) is 11.6. The van der Waals surface area contributed by atoms with Crippen LogP contribution in [0.2, 0.25) is 5.02 Å². The van der Waals surface area contributed by atoms with E-state index in [1.807, 2.05) is 0 Å². The topological polar surface area (TPSA) is 30.7 Å². The molecule has 0 radical (unpaired) electrons. The van der Waals surface area contributed by atoms with Gasteiger partial charge in [0.05, 0.1) is 16.6 Å². The largest absolute Gasteiger partial charge is 0.417 e. The van der Waals surface area contributed by atoms with E-state index in [4.69, 9.17) is 11.6 Å². The van der Waals surface area contributed by atoms with Crippen molar-refractivity contribution in [1.29, 1.82) is 0 Å². The van der Waals surface area contributed by atoms with Gasteiger partial charge in [-0.05, 0) is 24.3 Å². The molecule has 108 valence electrons. The minimum absolute atomic E-state index is 0.305. The smallest absolute Gasteiger partial charge is 0.327 e. The van der Waals surface area contributed by atoms with E-state index in [1.54, 1.807) is 29.8 Å². The number of pyridine rings is 1. The van der Waals surface area contributed by atoms with Crippen LogP contribution in [0.3, 0.4) is 0 Å². The molecule has 0 bridgehead atoms. The number of imidazole rings is 1. The van der Waals surface area contributed by atoms with E-state index in [0.29, 0.717) is 21.9 Å². The first-order chi connectivity index (χ1) is 9.86. The Balaban J connectivity index is 2.19. The molecule has 0 fully saturated rings. The number of aromatic nitrogens is 3. The van der Waals surface area contributed by atoms with Gasteiger partial charge in [-0.25, -0.2) is 4.98 Å². The van der Waals surface area contributed by atoms with Gasteiger partial charge in [-0.1, -0.05) is 11.6 Å². The standard InChI is InChI=1S/C14H9ClF3N3/c1-21-12-5-10(15)2-3-11(12)20-13(21)8-4-9(7-19-6-8)14(16,17)18/h2-7H,1H3.